The molecule has 0 unspecified atom stereocenters. The molecule has 106 valence electrons. The van der Waals surface area contributed by atoms with Gasteiger partial charge in [-0.15, -0.1) is 0 Å². The molecule has 7 heteroatoms. The Hall–Kier alpha value is -2.44. The van der Waals surface area contributed by atoms with Gasteiger partial charge in [-0.25, -0.2) is 14.8 Å². The van der Waals surface area contributed by atoms with Crippen molar-refractivity contribution in [3.05, 3.63) is 35.5 Å². The van der Waals surface area contributed by atoms with Crippen molar-refractivity contribution < 1.29 is 9.53 Å². The average Bonchev–Trinajstić information content (AvgIpc) is 2.83. The number of aromatic nitrogens is 4. The number of esters is 1. The van der Waals surface area contributed by atoms with Gasteiger partial charge in [0.25, 0.3) is 0 Å². The van der Waals surface area contributed by atoms with Gasteiger partial charge >= 0.3 is 5.97 Å². The first-order chi connectivity index (χ1) is 9.58. The van der Waals surface area contributed by atoms with Crippen molar-refractivity contribution in [2.75, 3.05) is 19.0 Å². The molecule has 0 fully saturated rings. The van der Waals surface area contributed by atoms with Crippen molar-refractivity contribution in [3.63, 3.8) is 0 Å². The van der Waals surface area contributed by atoms with Crippen LogP contribution in [0.1, 0.15) is 21.9 Å². The number of hydrogen-bond acceptors (Lipinski definition) is 6. The maximum absolute atomic E-state index is 11.4. The van der Waals surface area contributed by atoms with Crippen LogP contribution in [0, 0.1) is 6.92 Å². The van der Waals surface area contributed by atoms with Gasteiger partial charge in [0.05, 0.1) is 13.3 Å². The third-order valence-corrected chi connectivity index (χ3v) is 2.70. The fourth-order valence-electron chi connectivity index (χ4n) is 1.78. The minimum Gasteiger partial charge on any atom is -0.463 e. The van der Waals surface area contributed by atoms with E-state index < -0.39 is 5.97 Å². The van der Waals surface area contributed by atoms with E-state index in [9.17, 15) is 4.79 Å². The smallest absolute Gasteiger partial charge is 0.376 e. The van der Waals surface area contributed by atoms with Gasteiger partial charge in [0, 0.05) is 31.5 Å². The summed E-state index contributed by atoms with van der Waals surface area (Å²) in [6.45, 7) is 2.50. The highest BCUT2D eigenvalue weighted by atomic mass is 16.5. The molecule has 0 aromatic carbocycles. The van der Waals surface area contributed by atoms with Crippen LogP contribution in [0.2, 0.25) is 0 Å². The summed E-state index contributed by atoms with van der Waals surface area (Å²) in [7, 11) is 3.19. The summed E-state index contributed by atoms with van der Waals surface area (Å²) >= 11 is 0. The van der Waals surface area contributed by atoms with Crippen molar-refractivity contribution in [1.29, 1.82) is 0 Å². The molecule has 0 aliphatic heterocycles. The van der Waals surface area contributed by atoms with E-state index in [0.717, 1.165) is 12.0 Å². The van der Waals surface area contributed by atoms with E-state index in [0.29, 0.717) is 18.1 Å². The van der Waals surface area contributed by atoms with E-state index in [4.69, 9.17) is 0 Å². The monoisotopic (exact) mass is 275 g/mol. The van der Waals surface area contributed by atoms with Gasteiger partial charge in [0.15, 0.2) is 0 Å². The summed E-state index contributed by atoms with van der Waals surface area (Å²) in [6.07, 6.45) is 4.62. The summed E-state index contributed by atoms with van der Waals surface area (Å²) in [5, 5.41) is 7.27. The number of hydrogen-bond donors (Lipinski definition) is 1. The molecule has 2 heterocycles. The molecule has 0 spiro atoms. The summed E-state index contributed by atoms with van der Waals surface area (Å²) < 4.78 is 6.38. The molecule has 0 atom stereocenters. The minimum absolute atomic E-state index is 0.0661. The van der Waals surface area contributed by atoms with Gasteiger partial charge in [-0.1, -0.05) is 0 Å². The first-order valence-electron chi connectivity index (χ1n) is 6.24. The van der Waals surface area contributed by atoms with Crippen molar-refractivity contribution in [3.8, 4) is 0 Å². The van der Waals surface area contributed by atoms with Crippen LogP contribution >= 0.6 is 0 Å². The van der Waals surface area contributed by atoms with Gasteiger partial charge in [-0.2, -0.15) is 5.10 Å². The molecule has 0 aliphatic carbocycles. The molecule has 1 N–H and O–H groups in total. The van der Waals surface area contributed by atoms with E-state index in [1.54, 1.807) is 17.7 Å². The first kappa shape index (κ1) is 14.0. The topological polar surface area (TPSA) is 81.9 Å². The van der Waals surface area contributed by atoms with Crippen LogP contribution in [-0.4, -0.2) is 39.4 Å². The van der Waals surface area contributed by atoms with Crippen LogP contribution in [0.5, 0.6) is 0 Å². The van der Waals surface area contributed by atoms with Crippen LogP contribution < -0.4 is 5.32 Å². The molecule has 0 saturated carbocycles. The van der Waals surface area contributed by atoms with Crippen LogP contribution in [0.4, 0.5) is 5.82 Å². The fraction of sp³-hybridized carbons (Fsp3) is 0.385. The Morgan fingerprint density at radius 1 is 1.45 bits per heavy atom. The van der Waals surface area contributed by atoms with Crippen LogP contribution in [0.3, 0.4) is 0 Å². The third-order valence-electron chi connectivity index (χ3n) is 2.70. The summed E-state index contributed by atoms with van der Waals surface area (Å²) in [6, 6.07) is 1.79. The molecule has 2 aromatic rings. The zero-order valence-electron chi connectivity index (χ0n) is 11.8. The zero-order valence-corrected chi connectivity index (χ0v) is 11.8. The summed E-state index contributed by atoms with van der Waals surface area (Å²) in [5.74, 6) is 0.141. The predicted molar refractivity (Wildman–Crippen MR) is 73.5 cm³/mol. The normalized spacial score (nSPS) is 10.3. The molecule has 7 nitrogen and oxygen atoms in total. The molecule has 2 aromatic heterocycles. The number of methoxy groups -OCH3 is 1. The Labute approximate surface area is 117 Å². The Balaban J connectivity index is 1.98. The number of nitrogens with one attached hydrogen (secondary N) is 1. The van der Waals surface area contributed by atoms with Crippen LogP contribution in [-0.2, 0) is 18.2 Å². The average molecular weight is 275 g/mol. The fourth-order valence-corrected chi connectivity index (χ4v) is 1.78. The second kappa shape index (κ2) is 6.14. The second-order valence-corrected chi connectivity index (χ2v) is 4.41. The number of anilines is 1. The predicted octanol–water partition coefficient (Wildman–Crippen LogP) is 0.960. The lowest BCUT2D eigenvalue weighted by atomic mass is 10.2. The van der Waals surface area contributed by atoms with E-state index in [1.165, 1.54) is 7.11 Å². The van der Waals surface area contributed by atoms with E-state index in [2.05, 4.69) is 25.1 Å². The van der Waals surface area contributed by atoms with Gasteiger partial charge < -0.3 is 10.1 Å². The Morgan fingerprint density at radius 3 is 2.90 bits per heavy atom. The lowest BCUT2D eigenvalue weighted by molar-refractivity contribution is 0.0586. The summed E-state index contributed by atoms with van der Waals surface area (Å²) in [5.41, 5.74) is 1.85. The molecule has 0 aliphatic rings. The Morgan fingerprint density at radius 2 is 2.25 bits per heavy atom. The largest absolute Gasteiger partial charge is 0.463 e. The molecule has 0 bridgehead atoms. The Bertz CT molecular complexity index is 609. The van der Waals surface area contributed by atoms with Gasteiger partial charge in [-0.05, 0) is 18.9 Å². The highest BCUT2D eigenvalue weighted by Crippen LogP contribution is 2.07. The highest BCUT2D eigenvalue weighted by molar-refractivity contribution is 5.85. The lowest BCUT2D eigenvalue weighted by Gasteiger charge is -2.07. The van der Waals surface area contributed by atoms with E-state index in [1.807, 2.05) is 19.4 Å². The number of aryl methyl sites for hydroxylation is 2. The van der Waals surface area contributed by atoms with E-state index in [-0.39, 0.29) is 5.82 Å². The SMILES string of the molecule is COC(=O)c1nc(C)cc(NCCc2cnn(C)c2)n1. The Kier molecular flexibility index (Phi) is 4.29. The standard InChI is InChI=1S/C13H17N5O2/c1-9-6-11(17-12(16-9)13(19)20-3)14-5-4-10-7-15-18(2)8-10/h6-8H,4-5H2,1-3H3,(H,14,16,17). The van der Waals surface area contributed by atoms with Gasteiger partial charge in [0.2, 0.25) is 5.82 Å². The number of ether oxygens (including phenoxy) is 1. The third kappa shape index (κ3) is 3.53. The molecular formula is C13H17N5O2. The van der Waals surface area contributed by atoms with Gasteiger partial charge in [-0.3, -0.25) is 4.68 Å². The van der Waals surface area contributed by atoms with Crippen molar-refractivity contribution in [1.82, 2.24) is 19.7 Å². The van der Waals surface area contributed by atoms with Crippen molar-refractivity contribution in [2.45, 2.75) is 13.3 Å². The maximum Gasteiger partial charge on any atom is 0.376 e. The van der Waals surface area contributed by atoms with E-state index >= 15 is 0 Å². The molecule has 20 heavy (non-hydrogen) atoms. The first-order valence-corrected chi connectivity index (χ1v) is 6.24. The molecule has 0 saturated heterocycles. The summed E-state index contributed by atoms with van der Waals surface area (Å²) in [4.78, 5) is 19.6. The van der Waals surface area contributed by atoms with Crippen LogP contribution in [0.25, 0.3) is 0 Å². The van der Waals surface area contributed by atoms with Crippen LogP contribution in [0.15, 0.2) is 18.5 Å². The second-order valence-electron chi connectivity index (χ2n) is 4.41. The quantitative estimate of drug-likeness (QED) is 0.818. The van der Waals surface area contributed by atoms with Crippen molar-refractivity contribution in [2.24, 2.45) is 7.05 Å². The van der Waals surface area contributed by atoms with Crippen molar-refractivity contribution >= 4 is 11.8 Å². The lowest BCUT2D eigenvalue weighted by Crippen LogP contribution is -2.12. The molecule has 0 amide bonds. The highest BCUT2D eigenvalue weighted by Gasteiger charge is 2.11. The minimum atomic E-state index is -0.538. The number of carbonyl (C=O) groups excluding carboxylic acids is 1. The molecule has 0 radical (unpaired) electrons. The molecular weight excluding hydrogens is 258 g/mol. The number of rotatable bonds is 5. The van der Waals surface area contributed by atoms with Gasteiger partial charge in [0.1, 0.15) is 5.82 Å². The number of nitrogens with zero attached hydrogens (tertiary/aromatic N) is 4. The maximum atomic E-state index is 11.4. The zero-order chi connectivity index (χ0) is 14.5. The molecule has 2 rings (SSSR count). The number of carbonyl (C=O) groups is 1.